The highest BCUT2D eigenvalue weighted by Gasteiger charge is 2.43. The van der Waals surface area contributed by atoms with Gasteiger partial charge in [0.25, 0.3) is 0 Å². The molecule has 1 aromatic heterocycles. The molecule has 0 unspecified atom stereocenters. The van der Waals surface area contributed by atoms with Gasteiger partial charge in [0.15, 0.2) is 5.78 Å². The Morgan fingerprint density at radius 1 is 1.04 bits per heavy atom. The van der Waals surface area contributed by atoms with E-state index in [1.807, 2.05) is 55.7 Å². The zero-order valence-electron chi connectivity index (χ0n) is 15.7. The Bertz CT molecular complexity index is 946. The smallest absolute Gasteiger partial charge is 0.334 e. The lowest BCUT2D eigenvalue weighted by atomic mass is 10.1. The van der Waals surface area contributed by atoms with Crippen molar-refractivity contribution in [3.05, 3.63) is 58.9 Å². The number of benzene rings is 1. The first-order valence-corrected chi connectivity index (χ1v) is 8.64. The maximum atomic E-state index is 12.8. The maximum Gasteiger partial charge on any atom is 0.334 e. The monoisotopic (exact) mass is 367 g/mol. The zero-order chi connectivity index (χ0) is 19.9. The van der Waals surface area contributed by atoms with Gasteiger partial charge in [-0.3, -0.25) is 19.3 Å². The van der Waals surface area contributed by atoms with Gasteiger partial charge >= 0.3 is 17.8 Å². The average molecular weight is 367 g/mol. The summed E-state index contributed by atoms with van der Waals surface area (Å²) >= 11 is 0. The van der Waals surface area contributed by atoms with Gasteiger partial charge in [-0.2, -0.15) is 0 Å². The van der Waals surface area contributed by atoms with Crippen LogP contribution in [0.15, 0.2) is 36.4 Å². The predicted octanol–water partition coefficient (Wildman–Crippen LogP) is 2.32. The van der Waals surface area contributed by atoms with Gasteiger partial charge in [-0.05, 0) is 32.4 Å². The van der Waals surface area contributed by atoms with E-state index < -0.39 is 24.4 Å². The fourth-order valence-corrected chi connectivity index (χ4v) is 3.52. The second-order valence-electron chi connectivity index (χ2n) is 6.70. The molecule has 7 nitrogen and oxygen atoms in total. The second-order valence-corrected chi connectivity index (χ2v) is 6.70. The number of aryl methyl sites for hydroxylation is 1. The first-order chi connectivity index (χ1) is 12.7. The molecule has 1 atom stereocenters. The summed E-state index contributed by atoms with van der Waals surface area (Å²) in [6.07, 6.45) is 0. The van der Waals surface area contributed by atoms with E-state index in [2.05, 4.69) is 0 Å². The van der Waals surface area contributed by atoms with Crippen molar-refractivity contribution >= 4 is 23.6 Å². The summed E-state index contributed by atoms with van der Waals surface area (Å²) in [7, 11) is 1.22. The number of carbonyl (C=O) groups is 4. The molecule has 4 amide bonds. The number of carbonyl (C=O) groups excluding carboxylic acids is 4. The lowest BCUT2D eigenvalue weighted by molar-refractivity contribution is -0.142. The topological polar surface area (TPSA) is 79.7 Å². The van der Waals surface area contributed by atoms with Gasteiger partial charge in [-0.1, -0.05) is 30.3 Å². The van der Waals surface area contributed by atoms with Crippen LogP contribution in [0.5, 0.6) is 0 Å². The largest absolute Gasteiger partial charge is 0.341 e. The standard InChI is InChI=1S/C20H21N3O4/c1-12-10-16(14(3)23(12)13(2)15-8-6-5-7-9-15)17(24)11-22-19(26)18(25)21(4)20(22)27/h5-10,13H,11H2,1-4H3/t13-/m1/s1. The van der Waals surface area contributed by atoms with Gasteiger partial charge in [-0.15, -0.1) is 0 Å². The summed E-state index contributed by atoms with van der Waals surface area (Å²) in [6, 6.07) is 10.9. The van der Waals surface area contributed by atoms with Crippen molar-refractivity contribution in [3.8, 4) is 0 Å². The van der Waals surface area contributed by atoms with E-state index >= 15 is 0 Å². The number of aromatic nitrogens is 1. The van der Waals surface area contributed by atoms with Gasteiger partial charge < -0.3 is 4.57 Å². The molecule has 1 aromatic carbocycles. The molecular formula is C20H21N3O4. The molecule has 3 rings (SSSR count). The zero-order valence-corrected chi connectivity index (χ0v) is 15.7. The minimum Gasteiger partial charge on any atom is -0.341 e. The molecule has 0 bridgehead atoms. The van der Waals surface area contributed by atoms with Crippen molar-refractivity contribution < 1.29 is 19.2 Å². The van der Waals surface area contributed by atoms with E-state index in [4.69, 9.17) is 0 Å². The predicted molar refractivity (Wildman–Crippen MR) is 98.4 cm³/mol. The molecule has 2 aromatic rings. The van der Waals surface area contributed by atoms with Crippen LogP contribution in [0.25, 0.3) is 0 Å². The van der Waals surface area contributed by atoms with Crippen molar-refractivity contribution in [2.45, 2.75) is 26.8 Å². The van der Waals surface area contributed by atoms with E-state index in [9.17, 15) is 19.2 Å². The molecule has 27 heavy (non-hydrogen) atoms. The lowest BCUT2D eigenvalue weighted by Gasteiger charge is -2.19. The van der Waals surface area contributed by atoms with Crippen LogP contribution in [0.4, 0.5) is 4.79 Å². The highest BCUT2D eigenvalue weighted by atomic mass is 16.2. The number of amides is 4. The number of ketones is 1. The molecular weight excluding hydrogens is 346 g/mol. The number of likely N-dealkylation sites (N-methyl/N-ethyl adjacent to an activating group) is 1. The van der Waals surface area contributed by atoms with Crippen molar-refractivity contribution in [2.75, 3.05) is 13.6 Å². The third kappa shape index (κ3) is 3.05. The van der Waals surface area contributed by atoms with Crippen molar-refractivity contribution in [3.63, 3.8) is 0 Å². The van der Waals surface area contributed by atoms with E-state index in [0.29, 0.717) is 10.5 Å². The Labute approximate surface area is 157 Å². The van der Waals surface area contributed by atoms with Crippen LogP contribution in [0.3, 0.4) is 0 Å². The highest BCUT2D eigenvalue weighted by molar-refractivity contribution is 6.45. The first kappa shape index (κ1) is 18.6. The van der Waals surface area contributed by atoms with Crippen LogP contribution in [-0.2, 0) is 9.59 Å². The Kier molecular flexibility index (Phi) is 4.70. The molecule has 140 valence electrons. The number of Topliss-reactive ketones (excluding diaryl/α,β-unsaturated/α-hetero) is 1. The fourth-order valence-electron chi connectivity index (χ4n) is 3.52. The van der Waals surface area contributed by atoms with Crippen LogP contribution in [-0.4, -0.2) is 51.6 Å². The highest BCUT2D eigenvalue weighted by Crippen LogP contribution is 2.26. The molecule has 1 saturated heterocycles. The number of imide groups is 2. The van der Waals surface area contributed by atoms with Gasteiger partial charge in [0.2, 0.25) is 0 Å². The summed E-state index contributed by atoms with van der Waals surface area (Å²) < 4.78 is 2.05. The minimum atomic E-state index is -0.970. The molecule has 0 N–H and O–H groups in total. The molecule has 1 aliphatic heterocycles. The summed E-state index contributed by atoms with van der Waals surface area (Å²) in [4.78, 5) is 49.7. The molecule has 0 radical (unpaired) electrons. The Hall–Kier alpha value is -3.22. The average Bonchev–Trinajstić information content (AvgIpc) is 3.05. The van der Waals surface area contributed by atoms with E-state index in [1.54, 1.807) is 6.07 Å². The van der Waals surface area contributed by atoms with Crippen molar-refractivity contribution in [1.82, 2.24) is 14.4 Å². The van der Waals surface area contributed by atoms with Crippen LogP contribution in [0.2, 0.25) is 0 Å². The molecule has 7 heteroatoms. The number of hydrogen-bond donors (Lipinski definition) is 0. The Morgan fingerprint density at radius 2 is 1.67 bits per heavy atom. The third-order valence-electron chi connectivity index (χ3n) is 5.01. The number of nitrogens with zero attached hydrogens (tertiary/aromatic N) is 3. The first-order valence-electron chi connectivity index (χ1n) is 8.64. The van der Waals surface area contributed by atoms with Gasteiger partial charge in [0.05, 0.1) is 12.6 Å². The minimum absolute atomic E-state index is 0.0236. The van der Waals surface area contributed by atoms with Gasteiger partial charge in [0, 0.05) is 24.0 Å². The number of hydrogen-bond acceptors (Lipinski definition) is 4. The Morgan fingerprint density at radius 3 is 2.22 bits per heavy atom. The van der Waals surface area contributed by atoms with E-state index in [0.717, 1.165) is 21.9 Å². The quantitative estimate of drug-likeness (QED) is 0.461. The van der Waals surface area contributed by atoms with Crippen LogP contribution < -0.4 is 0 Å². The summed E-state index contributed by atoms with van der Waals surface area (Å²) in [5.41, 5.74) is 3.21. The SMILES string of the molecule is Cc1cc(C(=O)CN2C(=O)C(=O)N(C)C2=O)c(C)n1[C@H](C)c1ccccc1. The van der Waals surface area contributed by atoms with Crippen molar-refractivity contribution in [2.24, 2.45) is 0 Å². The maximum absolute atomic E-state index is 12.8. The normalized spacial score (nSPS) is 15.6. The van der Waals surface area contributed by atoms with Gasteiger partial charge in [-0.25, -0.2) is 9.69 Å². The molecule has 1 fully saturated rings. The lowest BCUT2D eigenvalue weighted by Crippen LogP contribution is -2.36. The van der Waals surface area contributed by atoms with Crippen LogP contribution >= 0.6 is 0 Å². The Balaban J connectivity index is 1.88. The summed E-state index contributed by atoms with van der Waals surface area (Å²) in [5.74, 6) is -2.27. The molecule has 0 spiro atoms. The summed E-state index contributed by atoms with van der Waals surface area (Å²) in [6.45, 7) is 5.35. The van der Waals surface area contributed by atoms with E-state index in [-0.39, 0.29) is 11.8 Å². The fraction of sp³-hybridized carbons (Fsp3) is 0.300. The summed E-state index contributed by atoms with van der Waals surface area (Å²) in [5, 5.41) is 0. The van der Waals surface area contributed by atoms with Gasteiger partial charge in [0.1, 0.15) is 0 Å². The molecule has 2 heterocycles. The molecule has 0 aliphatic carbocycles. The van der Waals surface area contributed by atoms with E-state index in [1.165, 1.54) is 7.05 Å². The molecule has 1 aliphatic rings. The van der Waals surface area contributed by atoms with Crippen LogP contribution in [0.1, 0.15) is 40.3 Å². The molecule has 0 saturated carbocycles. The second kappa shape index (κ2) is 6.83. The van der Waals surface area contributed by atoms with Crippen molar-refractivity contribution in [1.29, 1.82) is 0 Å². The van der Waals surface area contributed by atoms with Crippen LogP contribution in [0, 0.1) is 13.8 Å². The number of rotatable bonds is 5. The number of urea groups is 1. The third-order valence-corrected chi connectivity index (χ3v) is 5.01.